The molecule has 0 bridgehead atoms. The number of benzene rings is 2. The smallest absolute Gasteiger partial charge is 0.228 e. The number of nitrogens with one attached hydrogen (secondary N) is 1. The lowest BCUT2D eigenvalue weighted by atomic mass is 10.1. The van der Waals surface area contributed by atoms with E-state index in [9.17, 15) is 13.2 Å². The molecule has 2 aromatic carbocycles. The minimum absolute atomic E-state index is 0.0624. The summed E-state index contributed by atoms with van der Waals surface area (Å²) in [5.41, 5.74) is 4.16. The zero-order valence-corrected chi connectivity index (χ0v) is 14.7. The summed E-state index contributed by atoms with van der Waals surface area (Å²) in [6, 6.07) is 12.0. The van der Waals surface area contributed by atoms with Gasteiger partial charge in [0.05, 0.1) is 32.8 Å². The molecule has 1 aromatic heterocycles. The Hall–Kier alpha value is -2.25. The van der Waals surface area contributed by atoms with Crippen LogP contribution in [-0.2, 0) is 21.1 Å². The maximum atomic E-state index is 12.2. The Balaban J connectivity index is 1.68. The van der Waals surface area contributed by atoms with E-state index >= 15 is 0 Å². The van der Waals surface area contributed by atoms with E-state index in [4.69, 9.17) is 0 Å². The molecule has 7 heteroatoms. The summed E-state index contributed by atoms with van der Waals surface area (Å²) in [5.74, 6) is -0.0858. The first-order chi connectivity index (χ1) is 11.5. The fraction of sp³-hybridized carbons (Fsp3) is 0.176. The molecule has 0 saturated carbocycles. The van der Waals surface area contributed by atoms with E-state index in [1.165, 1.54) is 11.3 Å². The highest BCUT2D eigenvalue weighted by Gasteiger charge is 2.12. The number of anilines is 1. The molecular weight excluding hydrogens is 344 g/mol. The van der Waals surface area contributed by atoms with Crippen LogP contribution >= 0.6 is 11.3 Å². The van der Waals surface area contributed by atoms with Crippen molar-refractivity contribution >= 4 is 43.0 Å². The Kier molecular flexibility index (Phi) is 4.64. The van der Waals surface area contributed by atoms with E-state index in [-0.39, 0.29) is 23.0 Å². The van der Waals surface area contributed by atoms with E-state index in [1.807, 2.05) is 18.2 Å². The van der Waals surface area contributed by atoms with Crippen LogP contribution < -0.4 is 5.32 Å². The predicted molar refractivity (Wildman–Crippen MR) is 96.1 cm³/mol. The molecule has 3 aromatic rings. The van der Waals surface area contributed by atoms with Crippen molar-refractivity contribution in [3.8, 4) is 0 Å². The second-order valence-electron chi connectivity index (χ2n) is 5.31. The Morgan fingerprint density at radius 2 is 1.92 bits per heavy atom. The van der Waals surface area contributed by atoms with Crippen LogP contribution in [0.1, 0.15) is 12.5 Å². The quantitative estimate of drug-likeness (QED) is 0.758. The first kappa shape index (κ1) is 16.6. The van der Waals surface area contributed by atoms with Crippen molar-refractivity contribution in [2.45, 2.75) is 18.2 Å². The van der Waals surface area contributed by atoms with Crippen molar-refractivity contribution in [3.05, 3.63) is 53.5 Å². The summed E-state index contributed by atoms with van der Waals surface area (Å²) in [6.07, 6.45) is 0.188. The van der Waals surface area contributed by atoms with Crippen LogP contribution in [0.3, 0.4) is 0 Å². The zero-order valence-electron chi connectivity index (χ0n) is 13.0. The molecule has 0 atom stereocenters. The van der Waals surface area contributed by atoms with Crippen LogP contribution in [0.2, 0.25) is 0 Å². The molecule has 0 aliphatic rings. The van der Waals surface area contributed by atoms with Crippen LogP contribution in [-0.4, -0.2) is 25.1 Å². The fourth-order valence-electron chi connectivity index (χ4n) is 2.30. The molecule has 0 saturated heterocycles. The molecule has 1 amide bonds. The maximum absolute atomic E-state index is 12.2. The SMILES string of the molecule is CCS(=O)(=O)c1ccc(CC(=O)Nc2ccc3ncsc3c2)cc1. The third-order valence-electron chi connectivity index (χ3n) is 3.64. The molecule has 0 fully saturated rings. The van der Waals surface area contributed by atoms with Gasteiger partial charge in [-0.15, -0.1) is 11.3 Å². The minimum atomic E-state index is -3.21. The van der Waals surface area contributed by atoms with Crippen molar-refractivity contribution in [2.75, 3.05) is 11.1 Å². The van der Waals surface area contributed by atoms with E-state index in [0.29, 0.717) is 0 Å². The van der Waals surface area contributed by atoms with Gasteiger partial charge in [-0.2, -0.15) is 0 Å². The summed E-state index contributed by atoms with van der Waals surface area (Å²) in [6.45, 7) is 1.61. The van der Waals surface area contributed by atoms with Gasteiger partial charge in [0.15, 0.2) is 9.84 Å². The molecule has 5 nitrogen and oxygen atoms in total. The molecule has 0 spiro atoms. The Bertz CT molecular complexity index is 976. The maximum Gasteiger partial charge on any atom is 0.228 e. The van der Waals surface area contributed by atoms with Crippen molar-refractivity contribution in [2.24, 2.45) is 0 Å². The fourth-order valence-corrected chi connectivity index (χ4v) is 3.91. The Morgan fingerprint density at radius 3 is 2.62 bits per heavy atom. The summed E-state index contributed by atoms with van der Waals surface area (Å²) >= 11 is 1.52. The van der Waals surface area contributed by atoms with Gasteiger partial charge in [-0.1, -0.05) is 19.1 Å². The first-order valence-electron chi connectivity index (χ1n) is 7.43. The van der Waals surface area contributed by atoms with E-state index < -0.39 is 9.84 Å². The van der Waals surface area contributed by atoms with Gasteiger partial charge in [0.1, 0.15) is 0 Å². The average Bonchev–Trinajstić information content (AvgIpc) is 3.03. The van der Waals surface area contributed by atoms with Gasteiger partial charge in [0.2, 0.25) is 5.91 Å². The normalized spacial score (nSPS) is 11.5. The highest BCUT2D eigenvalue weighted by Crippen LogP contribution is 2.22. The molecule has 3 rings (SSSR count). The summed E-state index contributed by atoms with van der Waals surface area (Å²) in [7, 11) is -3.21. The number of aromatic nitrogens is 1. The number of hydrogen-bond acceptors (Lipinski definition) is 5. The monoisotopic (exact) mass is 360 g/mol. The summed E-state index contributed by atoms with van der Waals surface area (Å²) < 4.78 is 24.6. The van der Waals surface area contributed by atoms with Gasteiger partial charge in [-0.3, -0.25) is 4.79 Å². The molecule has 1 heterocycles. The zero-order chi connectivity index (χ0) is 17.2. The second-order valence-corrected chi connectivity index (χ2v) is 8.47. The third-order valence-corrected chi connectivity index (χ3v) is 6.18. The number of hydrogen-bond donors (Lipinski definition) is 1. The molecular formula is C17H16N2O3S2. The molecule has 0 aliphatic carbocycles. The lowest BCUT2D eigenvalue weighted by molar-refractivity contribution is -0.115. The van der Waals surface area contributed by atoms with Gasteiger partial charge >= 0.3 is 0 Å². The molecule has 1 N–H and O–H groups in total. The average molecular weight is 360 g/mol. The Morgan fingerprint density at radius 1 is 1.17 bits per heavy atom. The summed E-state index contributed by atoms with van der Waals surface area (Å²) in [4.78, 5) is 16.6. The lowest BCUT2D eigenvalue weighted by Crippen LogP contribution is -2.14. The molecule has 0 aliphatic heterocycles. The Labute approximate surface area is 144 Å². The number of carbonyl (C=O) groups excluding carboxylic acids is 1. The number of thiazole rings is 1. The topological polar surface area (TPSA) is 76.1 Å². The van der Waals surface area contributed by atoms with Crippen LogP contribution in [0.25, 0.3) is 10.2 Å². The highest BCUT2D eigenvalue weighted by atomic mass is 32.2. The minimum Gasteiger partial charge on any atom is -0.326 e. The van der Waals surface area contributed by atoms with Gasteiger partial charge in [-0.25, -0.2) is 13.4 Å². The molecule has 0 radical (unpaired) electrons. The van der Waals surface area contributed by atoms with Crippen LogP contribution in [0, 0.1) is 0 Å². The summed E-state index contributed by atoms with van der Waals surface area (Å²) in [5, 5.41) is 2.85. The number of carbonyl (C=O) groups is 1. The van der Waals surface area contributed by atoms with Crippen molar-refractivity contribution in [3.63, 3.8) is 0 Å². The van der Waals surface area contributed by atoms with E-state index in [0.717, 1.165) is 21.5 Å². The van der Waals surface area contributed by atoms with Gasteiger partial charge in [-0.05, 0) is 35.9 Å². The van der Waals surface area contributed by atoms with Gasteiger partial charge < -0.3 is 5.32 Å². The van der Waals surface area contributed by atoms with Crippen LogP contribution in [0.4, 0.5) is 5.69 Å². The van der Waals surface area contributed by atoms with Crippen LogP contribution in [0.15, 0.2) is 52.9 Å². The number of nitrogens with zero attached hydrogens (tertiary/aromatic N) is 1. The van der Waals surface area contributed by atoms with Crippen molar-refractivity contribution < 1.29 is 13.2 Å². The van der Waals surface area contributed by atoms with Crippen molar-refractivity contribution in [1.82, 2.24) is 4.98 Å². The van der Waals surface area contributed by atoms with Crippen molar-refractivity contribution in [1.29, 1.82) is 0 Å². The molecule has 24 heavy (non-hydrogen) atoms. The van der Waals surface area contributed by atoms with Gasteiger partial charge in [0.25, 0.3) is 0 Å². The van der Waals surface area contributed by atoms with Gasteiger partial charge in [0, 0.05) is 5.69 Å². The first-order valence-corrected chi connectivity index (χ1v) is 9.96. The van der Waals surface area contributed by atoms with E-state index in [1.54, 1.807) is 36.7 Å². The standard InChI is InChI=1S/C17H16N2O3S2/c1-2-24(21,22)14-6-3-12(4-7-14)9-17(20)19-13-5-8-15-16(10-13)23-11-18-15/h3-8,10-11H,2,9H2,1H3,(H,19,20). The lowest BCUT2D eigenvalue weighted by Gasteiger charge is -2.06. The number of sulfone groups is 1. The van der Waals surface area contributed by atoms with Crippen LogP contribution in [0.5, 0.6) is 0 Å². The molecule has 0 unspecified atom stereocenters. The number of rotatable bonds is 5. The number of fused-ring (bicyclic) bond motifs is 1. The van der Waals surface area contributed by atoms with E-state index in [2.05, 4.69) is 10.3 Å². The molecule has 124 valence electrons. The largest absolute Gasteiger partial charge is 0.326 e. The predicted octanol–water partition coefficient (Wildman–Crippen LogP) is 3.27. The highest BCUT2D eigenvalue weighted by molar-refractivity contribution is 7.91. The third kappa shape index (κ3) is 3.63. The second kappa shape index (κ2) is 6.70. The number of amides is 1.